The van der Waals surface area contributed by atoms with Crippen molar-refractivity contribution >= 4 is 11.9 Å². The number of hydrogen-bond acceptors (Lipinski definition) is 8. The number of carbonyl (C=O) groups is 2. The maximum absolute atomic E-state index is 13.0. The first kappa shape index (κ1) is 23.2. The molecule has 8 nitrogen and oxygen atoms in total. The Bertz CT molecular complexity index is 901. The third-order valence-corrected chi connectivity index (χ3v) is 7.94. The van der Waals surface area contributed by atoms with E-state index >= 15 is 0 Å². The Labute approximate surface area is 187 Å². The van der Waals surface area contributed by atoms with E-state index in [1.807, 2.05) is 6.92 Å². The van der Waals surface area contributed by atoms with Gasteiger partial charge in [-0.15, -0.1) is 0 Å². The van der Waals surface area contributed by atoms with Gasteiger partial charge in [-0.2, -0.15) is 0 Å². The molecule has 3 fully saturated rings. The van der Waals surface area contributed by atoms with Gasteiger partial charge >= 0.3 is 11.9 Å². The second kappa shape index (κ2) is 7.52. The van der Waals surface area contributed by atoms with E-state index in [0.717, 1.165) is 0 Å². The van der Waals surface area contributed by atoms with Crippen LogP contribution in [0.3, 0.4) is 0 Å². The molecule has 2 aliphatic carbocycles. The second-order valence-corrected chi connectivity index (χ2v) is 10.2. The van der Waals surface area contributed by atoms with Crippen molar-refractivity contribution in [3.63, 3.8) is 0 Å². The molecule has 0 aromatic heterocycles. The zero-order valence-electron chi connectivity index (χ0n) is 19.0. The molecule has 3 aliphatic rings. The molecule has 4 rings (SSSR count). The molecule has 3 N–H and O–H groups in total. The first-order valence-corrected chi connectivity index (χ1v) is 11.1. The number of rotatable bonds is 3. The SMILES string of the molecule is CC(=O)OC1C2C(O)C(OC(=O)c3ccccc3)C3(C)C(O)C(O)CC(C)C13OC2(C)C. The van der Waals surface area contributed by atoms with Gasteiger partial charge in [-0.05, 0) is 38.3 Å². The fraction of sp³-hybridized carbons (Fsp3) is 0.667. The maximum atomic E-state index is 13.0. The van der Waals surface area contributed by atoms with Crippen LogP contribution in [0.15, 0.2) is 30.3 Å². The molecule has 0 amide bonds. The molecule has 2 bridgehead atoms. The first-order chi connectivity index (χ1) is 14.9. The molecule has 2 saturated carbocycles. The summed E-state index contributed by atoms with van der Waals surface area (Å²) in [6.45, 7) is 8.36. The normalized spacial score (nSPS) is 44.4. The lowest BCUT2D eigenvalue weighted by molar-refractivity contribution is -0.312. The van der Waals surface area contributed by atoms with Gasteiger partial charge in [0.2, 0.25) is 0 Å². The van der Waals surface area contributed by atoms with E-state index in [-0.39, 0.29) is 12.3 Å². The number of carbonyl (C=O) groups excluding carboxylic acids is 2. The number of hydrogen-bond donors (Lipinski definition) is 3. The summed E-state index contributed by atoms with van der Waals surface area (Å²) < 4.78 is 18.2. The number of aliphatic hydroxyl groups excluding tert-OH is 3. The highest BCUT2D eigenvalue weighted by Gasteiger charge is 2.81. The van der Waals surface area contributed by atoms with Gasteiger partial charge in [-0.1, -0.05) is 32.0 Å². The predicted octanol–water partition coefficient (Wildman–Crippen LogP) is 1.45. The van der Waals surface area contributed by atoms with Crippen molar-refractivity contribution < 1.29 is 39.1 Å². The highest BCUT2D eigenvalue weighted by atomic mass is 16.6. The summed E-state index contributed by atoms with van der Waals surface area (Å²) in [5, 5.41) is 33.5. The molecule has 0 radical (unpaired) electrons. The Morgan fingerprint density at radius 3 is 2.25 bits per heavy atom. The minimum atomic E-state index is -1.46. The predicted molar refractivity (Wildman–Crippen MR) is 112 cm³/mol. The van der Waals surface area contributed by atoms with Crippen LogP contribution in [0.4, 0.5) is 0 Å². The van der Waals surface area contributed by atoms with Crippen LogP contribution >= 0.6 is 0 Å². The molecule has 9 atom stereocenters. The van der Waals surface area contributed by atoms with Gasteiger partial charge in [0.05, 0.1) is 34.7 Å². The van der Waals surface area contributed by atoms with E-state index in [2.05, 4.69) is 0 Å². The van der Waals surface area contributed by atoms with Crippen LogP contribution in [-0.4, -0.2) is 69.0 Å². The lowest BCUT2D eigenvalue weighted by atomic mass is 9.48. The van der Waals surface area contributed by atoms with E-state index in [0.29, 0.717) is 5.56 Å². The van der Waals surface area contributed by atoms with Crippen molar-refractivity contribution in [3.8, 4) is 0 Å². The molecule has 1 heterocycles. The van der Waals surface area contributed by atoms with Crippen LogP contribution in [0.25, 0.3) is 0 Å². The summed E-state index contributed by atoms with van der Waals surface area (Å²) >= 11 is 0. The molecule has 1 spiro atoms. The van der Waals surface area contributed by atoms with Crippen molar-refractivity contribution in [2.75, 3.05) is 0 Å². The molecular formula is C24H32O8. The molecule has 9 unspecified atom stereocenters. The van der Waals surface area contributed by atoms with Crippen molar-refractivity contribution in [2.45, 2.75) is 82.8 Å². The zero-order chi connectivity index (χ0) is 23.6. The third-order valence-electron chi connectivity index (χ3n) is 7.94. The summed E-state index contributed by atoms with van der Waals surface area (Å²) in [5.41, 5.74) is -3.40. The van der Waals surface area contributed by atoms with Crippen molar-refractivity contribution in [2.24, 2.45) is 17.3 Å². The van der Waals surface area contributed by atoms with E-state index < -0.39 is 65.0 Å². The van der Waals surface area contributed by atoms with Crippen LogP contribution in [-0.2, 0) is 19.0 Å². The third kappa shape index (κ3) is 2.96. The van der Waals surface area contributed by atoms with Gasteiger partial charge in [0, 0.05) is 6.92 Å². The van der Waals surface area contributed by atoms with Gasteiger partial charge < -0.3 is 29.5 Å². The van der Waals surface area contributed by atoms with Crippen molar-refractivity contribution in [3.05, 3.63) is 35.9 Å². The first-order valence-electron chi connectivity index (χ1n) is 11.1. The molecule has 1 aliphatic heterocycles. The fourth-order valence-electron chi connectivity index (χ4n) is 6.63. The topological polar surface area (TPSA) is 123 Å². The van der Waals surface area contributed by atoms with Crippen LogP contribution < -0.4 is 0 Å². The molecule has 176 valence electrons. The van der Waals surface area contributed by atoms with Crippen LogP contribution in [0.2, 0.25) is 0 Å². The fourth-order valence-corrected chi connectivity index (χ4v) is 6.63. The number of esters is 2. The molecule has 32 heavy (non-hydrogen) atoms. The monoisotopic (exact) mass is 448 g/mol. The lowest BCUT2D eigenvalue weighted by Crippen LogP contribution is -2.78. The summed E-state index contributed by atoms with van der Waals surface area (Å²) in [6, 6.07) is 8.37. The second-order valence-electron chi connectivity index (χ2n) is 10.2. The van der Waals surface area contributed by atoms with Gasteiger partial charge in [0.15, 0.2) is 0 Å². The minimum Gasteiger partial charge on any atom is -0.459 e. The van der Waals surface area contributed by atoms with E-state index in [1.54, 1.807) is 51.1 Å². The Morgan fingerprint density at radius 1 is 1.03 bits per heavy atom. The Hall–Kier alpha value is -2.00. The average Bonchev–Trinajstić information content (AvgIpc) is 2.93. The Balaban J connectivity index is 1.87. The summed E-state index contributed by atoms with van der Waals surface area (Å²) in [6.07, 6.45) is -5.73. The summed E-state index contributed by atoms with van der Waals surface area (Å²) in [4.78, 5) is 25.1. The van der Waals surface area contributed by atoms with Gasteiger partial charge in [0.1, 0.15) is 23.9 Å². The lowest BCUT2D eigenvalue weighted by Gasteiger charge is -2.63. The maximum Gasteiger partial charge on any atom is 0.338 e. The standard InChI is InChI=1S/C24H32O8/c1-12-11-15(26)18(28)23(5)20(31-21(29)14-9-7-6-8-10-14)17(27)16-19(30-13(2)25)24(12,23)32-22(16,3)4/h6-10,12,15-20,26-28H,11H2,1-5H3. The largest absolute Gasteiger partial charge is 0.459 e. The van der Waals surface area contributed by atoms with Gasteiger partial charge in [-0.3, -0.25) is 4.79 Å². The average molecular weight is 449 g/mol. The quantitative estimate of drug-likeness (QED) is 0.594. The van der Waals surface area contributed by atoms with E-state index in [9.17, 15) is 24.9 Å². The highest BCUT2D eigenvalue weighted by Crippen LogP contribution is 2.67. The van der Waals surface area contributed by atoms with E-state index in [1.165, 1.54) is 6.92 Å². The van der Waals surface area contributed by atoms with Crippen molar-refractivity contribution in [1.82, 2.24) is 0 Å². The van der Waals surface area contributed by atoms with Crippen LogP contribution in [0.5, 0.6) is 0 Å². The highest BCUT2D eigenvalue weighted by molar-refractivity contribution is 5.89. The Kier molecular flexibility index (Phi) is 5.44. The van der Waals surface area contributed by atoms with E-state index in [4.69, 9.17) is 14.2 Å². The van der Waals surface area contributed by atoms with Crippen molar-refractivity contribution in [1.29, 1.82) is 0 Å². The molecule has 1 aromatic carbocycles. The minimum absolute atomic E-state index is 0.201. The summed E-state index contributed by atoms with van der Waals surface area (Å²) in [7, 11) is 0. The number of ether oxygens (including phenoxy) is 3. The molecule has 1 saturated heterocycles. The smallest absolute Gasteiger partial charge is 0.338 e. The number of fused-ring (bicyclic) bond motifs is 1. The summed E-state index contributed by atoms with van der Waals surface area (Å²) in [5.74, 6) is -2.28. The molecule has 8 heteroatoms. The number of aliphatic hydroxyl groups is 3. The van der Waals surface area contributed by atoms with Crippen LogP contribution in [0.1, 0.15) is 51.4 Å². The van der Waals surface area contributed by atoms with Gasteiger partial charge in [0.25, 0.3) is 0 Å². The number of benzene rings is 1. The van der Waals surface area contributed by atoms with Crippen LogP contribution in [0, 0.1) is 17.3 Å². The van der Waals surface area contributed by atoms with Gasteiger partial charge in [-0.25, -0.2) is 4.79 Å². The molecular weight excluding hydrogens is 416 g/mol. The zero-order valence-corrected chi connectivity index (χ0v) is 19.0. The Morgan fingerprint density at radius 2 is 1.66 bits per heavy atom. The molecule has 1 aromatic rings.